The van der Waals surface area contributed by atoms with Crippen molar-refractivity contribution in [1.29, 1.82) is 0 Å². The molecule has 0 unspecified atom stereocenters. The summed E-state index contributed by atoms with van der Waals surface area (Å²) in [6.45, 7) is -4.46. The lowest BCUT2D eigenvalue weighted by molar-refractivity contribution is -0.166. The van der Waals surface area contributed by atoms with Crippen molar-refractivity contribution in [2.75, 3.05) is 39.0 Å². The monoisotopic (exact) mass is 575 g/mol. The van der Waals surface area contributed by atoms with Crippen molar-refractivity contribution in [2.24, 2.45) is 0 Å². The minimum atomic E-state index is -4.94. The van der Waals surface area contributed by atoms with Gasteiger partial charge in [-0.05, 0) is 18.2 Å². The first kappa shape index (κ1) is 29.0. The van der Waals surface area contributed by atoms with Gasteiger partial charge in [-0.25, -0.2) is 9.97 Å². The predicted octanol–water partition coefficient (Wildman–Crippen LogP) is 4.89. The van der Waals surface area contributed by atoms with E-state index in [0.29, 0.717) is 21.9 Å². The van der Waals surface area contributed by atoms with Gasteiger partial charge in [-0.1, -0.05) is 17.8 Å². The van der Waals surface area contributed by atoms with Crippen molar-refractivity contribution in [3.8, 4) is 5.75 Å². The Labute approximate surface area is 210 Å². The van der Waals surface area contributed by atoms with E-state index in [1.807, 2.05) is 6.07 Å². The third-order valence-electron chi connectivity index (χ3n) is 4.28. The second kappa shape index (κ2) is 11.9. The maximum atomic E-state index is 12.4. The molecule has 3 rings (SSSR count). The summed E-state index contributed by atoms with van der Waals surface area (Å²) >= 11 is 1.25. The van der Waals surface area contributed by atoms with Crippen molar-refractivity contribution in [2.45, 2.75) is 28.8 Å². The molecule has 10 nitrogen and oxygen atoms in total. The number of anilines is 1. The Hall–Kier alpha value is -2.59. The summed E-state index contributed by atoms with van der Waals surface area (Å²) in [4.78, 5) is 13.4. The van der Waals surface area contributed by atoms with Gasteiger partial charge in [0, 0.05) is 11.4 Å². The van der Waals surface area contributed by atoms with Crippen LogP contribution in [0.25, 0.3) is 11.2 Å². The van der Waals surface area contributed by atoms with Gasteiger partial charge < -0.3 is 19.8 Å². The number of ether oxygens (including phenoxy) is 2. The largest absolute Gasteiger partial charge is 0.497 e. The molecule has 1 aromatic carbocycles. The van der Waals surface area contributed by atoms with E-state index in [1.165, 1.54) is 29.8 Å². The van der Waals surface area contributed by atoms with Crippen molar-refractivity contribution in [3.05, 3.63) is 30.6 Å². The van der Waals surface area contributed by atoms with Gasteiger partial charge in [-0.2, -0.15) is 31.3 Å². The van der Waals surface area contributed by atoms with E-state index < -0.39 is 39.5 Å². The zero-order valence-electron chi connectivity index (χ0n) is 19.0. The van der Waals surface area contributed by atoms with Crippen LogP contribution in [0.15, 0.2) is 40.5 Å². The van der Waals surface area contributed by atoms with Crippen LogP contribution in [0.1, 0.15) is 0 Å². The second-order valence-corrected chi connectivity index (χ2v) is 10.3. The smallest absolute Gasteiger partial charge is 0.412 e. The molecule has 0 spiro atoms. The number of halogens is 6. The van der Waals surface area contributed by atoms with Gasteiger partial charge in [-0.3, -0.25) is 13.6 Å². The second-order valence-electron chi connectivity index (χ2n) is 7.20. The molecule has 0 bridgehead atoms. The van der Waals surface area contributed by atoms with Crippen molar-refractivity contribution >= 4 is 36.5 Å². The fraction of sp³-hybridized carbons (Fsp3) is 0.421. The summed E-state index contributed by atoms with van der Waals surface area (Å²) < 4.78 is 107. The Morgan fingerprint density at radius 1 is 1.08 bits per heavy atom. The molecule has 37 heavy (non-hydrogen) atoms. The first-order valence-corrected chi connectivity index (χ1v) is 12.7. The van der Waals surface area contributed by atoms with E-state index in [9.17, 15) is 30.9 Å². The number of nitrogens with zero attached hydrogens (tertiary/aromatic N) is 4. The predicted molar refractivity (Wildman–Crippen MR) is 119 cm³/mol. The Morgan fingerprint density at radius 3 is 2.38 bits per heavy atom. The molecular weight excluding hydrogens is 555 g/mol. The minimum absolute atomic E-state index is 0.0191. The highest BCUT2D eigenvalue weighted by Crippen LogP contribution is 2.50. The molecule has 0 saturated carbocycles. The first-order chi connectivity index (χ1) is 17.3. The number of alkyl halides is 6. The zero-order valence-corrected chi connectivity index (χ0v) is 20.7. The third-order valence-corrected chi connectivity index (χ3v) is 6.79. The number of fused-ring (bicyclic) bond motifs is 1. The number of nitrogens with two attached hydrogens (primary N) is 1. The van der Waals surface area contributed by atoms with Crippen LogP contribution in [0.5, 0.6) is 5.75 Å². The Bertz CT molecular complexity index is 1240. The summed E-state index contributed by atoms with van der Waals surface area (Å²) in [6, 6.07) is 7.15. The van der Waals surface area contributed by atoms with Gasteiger partial charge >= 0.3 is 19.9 Å². The normalized spacial score (nSPS) is 12.8. The maximum Gasteiger partial charge on any atom is 0.412 e. The molecule has 0 aliphatic carbocycles. The lowest BCUT2D eigenvalue weighted by Crippen LogP contribution is -2.21. The van der Waals surface area contributed by atoms with Gasteiger partial charge in [-0.15, -0.1) is 0 Å². The van der Waals surface area contributed by atoms with Crippen LogP contribution in [0.4, 0.5) is 32.3 Å². The first-order valence-electron chi connectivity index (χ1n) is 10.2. The van der Waals surface area contributed by atoms with Crippen LogP contribution in [0, 0.1) is 0 Å². The van der Waals surface area contributed by atoms with Gasteiger partial charge in [0.05, 0.1) is 20.0 Å². The van der Waals surface area contributed by atoms with Crippen molar-refractivity contribution < 1.29 is 49.4 Å². The van der Waals surface area contributed by atoms with E-state index in [0.717, 1.165) is 4.90 Å². The molecule has 0 aliphatic rings. The molecule has 2 aromatic heterocycles. The molecule has 0 saturated heterocycles. The molecular formula is C19H20F6N5O5PS. The van der Waals surface area contributed by atoms with E-state index in [4.69, 9.17) is 15.2 Å². The van der Waals surface area contributed by atoms with E-state index >= 15 is 0 Å². The average Bonchev–Trinajstić information content (AvgIpc) is 3.21. The van der Waals surface area contributed by atoms with E-state index in [-0.39, 0.29) is 19.1 Å². The number of aromatic nitrogens is 4. The molecule has 0 radical (unpaired) electrons. The van der Waals surface area contributed by atoms with Gasteiger partial charge in [0.2, 0.25) is 5.95 Å². The molecule has 0 aliphatic heterocycles. The number of methoxy groups -OCH3 is 1. The van der Waals surface area contributed by atoms with Gasteiger partial charge in [0.25, 0.3) is 0 Å². The Morgan fingerprint density at radius 2 is 1.76 bits per heavy atom. The van der Waals surface area contributed by atoms with Crippen LogP contribution in [-0.4, -0.2) is 65.2 Å². The Kier molecular flexibility index (Phi) is 9.28. The number of imidazole rings is 1. The summed E-state index contributed by atoms with van der Waals surface area (Å²) in [5, 5.41) is 0.432. The molecule has 0 amide bonds. The number of hydrogen-bond acceptors (Lipinski definition) is 10. The summed E-state index contributed by atoms with van der Waals surface area (Å²) in [6.07, 6.45) is -9.64. The van der Waals surface area contributed by atoms with Crippen molar-refractivity contribution in [1.82, 2.24) is 19.5 Å². The molecule has 204 valence electrons. The SMILES string of the molecule is COc1cccc(Sc2nc(N)nc3c2ncn3CCOCP(=O)(OCC(F)(F)F)OCC(F)(F)F)c1. The molecule has 0 atom stereocenters. The molecule has 2 N–H and O–H groups in total. The number of rotatable bonds is 12. The molecule has 2 heterocycles. The van der Waals surface area contributed by atoms with Crippen molar-refractivity contribution in [3.63, 3.8) is 0 Å². The lowest BCUT2D eigenvalue weighted by atomic mass is 10.3. The highest BCUT2D eigenvalue weighted by molar-refractivity contribution is 7.99. The van der Waals surface area contributed by atoms with E-state index in [1.54, 1.807) is 18.2 Å². The summed E-state index contributed by atoms with van der Waals surface area (Å²) in [7, 11) is -3.35. The topological polar surface area (TPSA) is 124 Å². The van der Waals surface area contributed by atoms with Crippen LogP contribution >= 0.6 is 19.4 Å². The number of benzene rings is 1. The van der Waals surface area contributed by atoms with Crippen LogP contribution in [0.3, 0.4) is 0 Å². The molecule has 0 fully saturated rings. The van der Waals surface area contributed by atoms with Crippen LogP contribution in [0.2, 0.25) is 0 Å². The zero-order chi connectivity index (χ0) is 27.3. The maximum absolute atomic E-state index is 12.4. The number of hydrogen-bond donors (Lipinski definition) is 1. The Balaban J connectivity index is 1.67. The third kappa shape index (κ3) is 9.03. The van der Waals surface area contributed by atoms with Gasteiger partial charge in [0.15, 0.2) is 18.9 Å². The average molecular weight is 575 g/mol. The van der Waals surface area contributed by atoms with E-state index in [2.05, 4.69) is 24.0 Å². The van der Waals surface area contributed by atoms with Crippen LogP contribution in [-0.2, 0) is 24.9 Å². The fourth-order valence-electron chi connectivity index (χ4n) is 2.74. The highest BCUT2D eigenvalue weighted by atomic mass is 32.2. The number of nitrogen functional groups attached to an aromatic ring is 1. The summed E-state index contributed by atoms with van der Waals surface area (Å²) in [5.74, 6) is 0.563. The quantitative estimate of drug-likeness (QED) is 0.138. The minimum Gasteiger partial charge on any atom is -0.497 e. The fourth-order valence-corrected chi connectivity index (χ4v) is 4.93. The highest BCUT2D eigenvalue weighted by Gasteiger charge is 2.38. The molecule has 3 aromatic rings. The van der Waals surface area contributed by atoms with Crippen LogP contribution < -0.4 is 10.5 Å². The summed E-state index contributed by atoms with van der Waals surface area (Å²) in [5.41, 5.74) is 6.51. The molecule has 18 heteroatoms. The van der Waals surface area contributed by atoms with Gasteiger partial charge in [0.1, 0.15) is 22.6 Å². The standard InChI is InChI=1S/C19H20F6N5O5PS/c1-32-12-3-2-4-13(7-12)37-16-14-15(28-17(26)29-16)30(10-27-14)5-6-33-11-36(31,34-8-18(20,21)22)35-9-19(23,24)25/h2-4,7,10H,5-6,8-9,11H2,1H3,(H2,26,28,29). The lowest BCUT2D eigenvalue weighted by Gasteiger charge is -2.20.